The van der Waals surface area contributed by atoms with Crippen LogP contribution in [0.3, 0.4) is 0 Å². The van der Waals surface area contributed by atoms with Gasteiger partial charge in [0.2, 0.25) is 5.78 Å². The Morgan fingerprint density at radius 3 is 2.80 bits per heavy atom. The number of hydrogen-bond donors (Lipinski definition) is 0. The van der Waals surface area contributed by atoms with E-state index < -0.39 is 0 Å². The van der Waals surface area contributed by atoms with E-state index >= 15 is 0 Å². The number of hydrogen-bond acceptors (Lipinski definition) is 3. The molecule has 5 nitrogen and oxygen atoms in total. The standard InChI is InChI=1S/C19H19FN4O/c1-23-18(25)15-4-2-3-5-16(15)24-17(21-22-19(23)24)13-8-11-6-7-14(20)10-12(11)9-13/h6-7,10,13H,2-5,8-9H2,1H3. The maximum atomic E-state index is 13.5. The molecule has 0 bridgehead atoms. The van der Waals surface area contributed by atoms with Crippen molar-refractivity contribution in [2.24, 2.45) is 7.05 Å². The van der Waals surface area contributed by atoms with E-state index in [0.29, 0.717) is 5.78 Å². The molecular formula is C19H19FN4O. The highest BCUT2D eigenvalue weighted by Gasteiger charge is 2.30. The number of benzene rings is 1. The van der Waals surface area contributed by atoms with Gasteiger partial charge in [-0.25, -0.2) is 4.39 Å². The predicted molar refractivity (Wildman–Crippen MR) is 91.4 cm³/mol. The molecule has 0 radical (unpaired) electrons. The number of nitrogens with zero attached hydrogens (tertiary/aromatic N) is 4. The minimum Gasteiger partial charge on any atom is -0.280 e. The van der Waals surface area contributed by atoms with Crippen LogP contribution in [-0.4, -0.2) is 19.2 Å². The first-order valence-corrected chi connectivity index (χ1v) is 8.86. The van der Waals surface area contributed by atoms with Gasteiger partial charge in [0.05, 0.1) is 0 Å². The molecular weight excluding hydrogens is 319 g/mol. The van der Waals surface area contributed by atoms with Gasteiger partial charge in [0.1, 0.15) is 11.6 Å². The summed E-state index contributed by atoms with van der Waals surface area (Å²) in [4.78, 5) is 12.6. The summed E-state index contributed by atoms with van der Waals surface area (Å²) in [6.07, 6.45) is 5.47. The lowest BCUT2D eigenvalue weighted by Gasteiger charge is -2.20. The van der Waals surface area contributed by atoms with Crippen molar-refractivity contribution in [2.45, 2.75) is 44.4 Å². The van der Waals surface area contributed by atoms with Gasteiger partial charge in [-0.2, -0.15) is 0 Å². The van der Waals surface area contributed by atoms with Crippen molar-refractivity contribution in [3.8, 4) is 0 Å². The van der Waals surface area contributed by atoms with Gasteiger partial charge >= 0.3 is 0 Å². The fraction of sp³-hybridized carbons (Fsp3) is 0.421. The monoisotopic (exact) mass is 338 g/mol. The summed E-state index contributed by atoms with van der Waals surface area (Å²) in [5.41, 5.74) is 4.27. The van der Waals surface area contributed by atoms with E-state index in [9.17, 15) is 9.18 Å². The van der Waals surface area contributed by atoms with Crippen LogP contribution < -0.4 is 5.56 Å². The molecule has 3 aromatic rings. The van der Waals surface area contributed by atoms with E-state index in [0.717, 1.165) is 61.2 Å². The summed E-state index contributed by atoms with van der Waals surface area (Å²) >= 11 is 0. The number of fused-ring (bicyclic) bond motifs is 4. The smallest absolute Gasteiger partial charge is 0.258 e. The van der Waals surface area contributed by atoms with Crippen molar-refractivity contribution in [1.29, 1.82) is 0 Å². The van der Waals surface area contributed by atoms with Crippen LogP contribution in [0.25, 0.3) is 5.78 Å². The van der Waals surface area contributed by atoms with Gasteiger partial charge < -0.3 is 0 Å². The highest BCUT2D eigenvalue weighted by Crippen LogP contribution is 2.34. The summed E-state index contributed by atoms with van der Waals surface area (Å²) in [6, 6.07) is 5.03. The quantitative estimate of drug-likeness (QED) is 0.684. The number of aromatic nitrogens is 4. The highest BCUT2D eigenvalue weighted by molar-refractivity contribution is 5.41. The van der Waals surface area contributed by atoms with Crippen LogP contribution in [0.2, 0.25) is 0 Å². The second-order valence-corrected chi connectivity index (χ2v) is 7.21. The molecule has 2 aliphatic rings. The summed E-state index contributed by atoms with van der Waals surface area (Å²) < 4.78 is 17.2. The lowest BCUT2D eigenvalue weighted by atomic mass is 9.96. The first kappa shape index (κ1) is 14.8. The van der Waals surface area contributed by atoms with Gasteiger partial charge in [0, 0.05) is 24.2 Å². The summed E-state index contributed by atoms with van der Waals surface area (Å²) in [7, 11) is 1.77. The number of aryl methyl sites for hydroxylation is 2. The third-order valence-electron chi connectivity index (χ3n) is 5.71. The SMILES string of the molecule is Cn1c(=O)c2c(n3c(C4Cc5ccc(F)cc5C4)nnc13)CCCC2. The Labute approximate surface area is 144 Å². The third-order valence-corrected chi connectivity index (χ3v) is 5.71. The molecule has 2 heterocycles. The number of rotatable bonds is 1. The average molecular weight is 338 g/mol. The normalized spacial score (nSPS) is 19.2. The molecule has 0 saturated heterocycles. The molecule has 2 aliphatic carbocycles. The molecule has 1 unspecified atom stereocenters. The van der Waals surface area contributed by atoms with E-state index in [4.69, 9.17) is 0 Å². The minimum atomic E-state index is -0.190. The zero-order valence-corrected chi connectivity index (χ0v) is 14.1. The molecule has 0 saturated carbocycles. The fourth-order valence-corrected chi connectivity index (χ4v) is 4.46. The second kappa shape index (κ2) is 5.25. The molecule has 1 aromatic carbocycles. The van der Waals surface area contributed by atoms with E-state index in [1.54, 1.807) is 17.7 Å². The molecule has 0 aliphatic heterocycles. The molecule has 25 heavy (non-hydrogen) atoms. The van der Waals surface area contributed by atoms with Gasteiger partial charge in [-0.3, -0.25) is 13.8 Å². The van der Waals surface area contributed by atoms with Crippen LogP contribution in [0.15, 0.2) is 23.0 Å². The first-order chi connectivity index (χ1) is 12.1. The maximum absolute atomic E-state index is 13.5. The molecule has 128 valence electrons. The molecule has 0 amide bonds. The van der Waals surface area contributed by atoms with Crippen molar-refractivity contribution >= 4 is 5.78 Å². The summed E-state index contributed by atoms with van der Waals surface area (Å²) in [6.45, 7) is 0. The van der Waals surface area contributed by atoms with Crippen LogP contribution in [0.1, 0.15) is 47.0 Å². The van der Waals surface area contributed by atoms with Gasteiger partial charge in [0.25, 0.3) is 5.56 Å². The number of halogens is 1. The largest absolute Gasteiger partial charge is 0.280 e. The van der Waals surface area contributed by atoms with Crippen molar-refractivity contribution in [1.82, 2.24) is 19.2 Å². The lowest BCUT2D eigenvalue weighted by molar-refractivity contribution is 0.607. The van der Waals surface area contributed by atoms with Crippen LogP contribution in [-0.2, 0) is 32.7 Å². The van der Waals surface area contributed by atoms with E-state index in [1.165, 1.54) is 11.6 Å². The Kier molecular flexibility index (Phi) is 3.11. The van der Waals surface area contributed by atoms with Gasteiger partial charge in [-0.15, -0.1) is 10.2 Å². The van der Waals surface area contributed by atoms with Gasteiger partial charge in [-0.1, -0.05) is 6.07 Å². The van der Waals surface area contributed by atoms with E-state index in [2.05, 4.69) is 14.6 Å². The van der Waals surface area contributed by atoms with Crippen molar-refractivity contribution in [3.63, 3.8) is 0 Å². The van der Waals surface area contributed by atoms with Gasteiger partial charge in [-0.05, 0) is 61.8 Å². The Balaban J connectivity index is 1.69. The molecule has 0 fully saturated rings. The van der Waals surface area contributed by atoms with Crippen LogP contribution in [0.5, 0.6) is 0 Å². The Morgan fingerprint density at radius 1 is 1.12 bits per heavy atom. The van der Waals surface area contributed by atoms with Gasteiger partial charge in [0.15, 0.2) is 0 Å². The Hall–Kier alpha value is -2.50. The predicted octanol–water partition coefficient (Wildman–Crippen LogP) is 2.33. The topological polar surface area (TPSA) is 52.2 Å². The van der Waals surface area contributed by atoms with E-state index in [1.807, 2.05) is 6.07 Å². The van der Waals surface area contributed by atoms with Crippen molar-refractivity contribution in [3.05, 3.63) is 62.6 Å². The summed E-state index contributed by atoms with van der Waals surface area (Å²) in [5.74, 6) is 1.50. The zero-order chi connectivity index (χ0) is 17.1. The maximum Gasteiger partial charge on any atom is 0.258 e. The third kappa shape index (κ3) is 2.09. The molecule has 2 aromatic heterocycles. The van der Waals surface area contributed by atoms with E-state index in [-0.39, 0.29) is 17.3 Å². The van der Waals surface area contributed by atoms with Crippen molar-refractivity contribution < 1.29 is 4.39 Å². The average Bonchev–Trinajstić information content (AvgIpc) is 3.23. The second-order valence-electron chi connectivity index (χ2n) is 7.21. The van der Waals surface area contributed by atoms with Crippen molar-refractivity contribution in [2.75, 3.05) is 0 Å². The van der Waals surface area contributed by atoms with Crippen LogP contribution in [0.4, 0.5) is 4.39 Å². The van der Waals surface area contributed by atoms with Crippen LogP contribution in [0, 0.1) is 5.82 Å². The van der Waals surface area contributed by atoms with Crippen LogP contribution >= 0.6 is 0 Å². The Bertz CT molecular complexity index is 1070. The fourth-order valence-electron chi connectivity index (χ4n) is 4.46. The molecule has 1 atom stereocenters. The molecule has 0 N–H and O–H groups in total. The zero-order valence-electron chi connectivity index (χ0n) is 14.1. The Morgan fingerprint density at radius 2 is 1.92 bits per heavy atom. The molecule has 0 spiro atoms. The summed E-state index contributed by atoms with van der Waals surface area (Å²) in [5, 5.41) is 8.77. The minimum absolute atomic E-state index is 0.0536. The molecule has 5 rings (SSSR count). The first-order valence-electron chi connectivity index (χ1n) is 8.86. The molecule has 6 heteroatoms. The lowest BCUT2D eigenvalue weighted by Crippen LogP contribution is -2.29. The highest BCUT2D eigenvalue weighted by atomic mass is 19.1.